The van der Waals surface area contributed by atoms with Crippen molar-refractivity contribution >= 4 is 34.3 Å². The maximum atomic E-state index is 10.7. The summed E-state index contributed by atoms with van der Waals surface area (Å²) < 4.78 is 7.35. The molecule has 0 aliphatic carbocycles. The lowest BCUT2D eigenvalue weighted by Gasteiger charge is -2.19. The van der Waals surface area contributed by atoms with Crippen LogP contribution in [0.5, 0.6) is 0 Å². The van der Waals surface area contributed by atoms with E-state index in [0.29, 0.717) is 22.9 Å². The maximum Gasteiger partial charge on any atom is 0.212 e. The summed E-state index contributed by atoms with van der Waals surface area (Å²) in [5.41, 5.74) is 2.44. The van der Waals surface area contributed by atoms with Crippen molar-refractivity contribution in [2.75, 3.05) is 17.2 Å². The van der Waals surface area contributed by atoms with Gasteiger partial charge in [0.05, 0.1) is 6.61 Å². The van der Waals surface area contributed by atoms with Gasteiger partial charge in [0.2, 0.25) is 5.95 Å². The fourth-order valence-corrected chi connectivity index (χ4v) is 3.73. The first-order valence-corrected chi connectivity index (χ1v) is 10.1. The number of anilines is 4. The Kier molecular flexibility index (Phi) is 5.41. The van der Waals surface area contributed by atoms with Gasteiger partial charge in [-0.1, -0.05) is 36.4 Å². The van der Waals surface area contributed by atoms with E-state index in [1.807, 2.05) is 60.7 Å². The molecule has 0 spiro atoms. The van der Waals surface area contributed by atoms with Crippen LogP contribution in [0.25, 0.3) is 11.2 Å². The van der Waals surface area contributed by atoms with Crippen molar-refractivity contribution in [2.45, 2.75) is 24.5 Å². The molecular weight excluding hydrogens is 412 g/mol. The van der Waals surface area contributed by atoms with E-state index in [1.165, 1.54) is 6.33 Å². The number of aliphatic hydroxyl groups excluding tert-OH is 3. The van der Waals surface area contributed by atoms with Gasteiger partial charge >= 0.3 is 0 Å². The molecule has 10 heteroatoms. The first-order chi connectivity index (χ1) is 15.7. The molecule has 1 saturated heterocycles. The van der Waals surface area contributed by atoms with Gasteiger partial charge in [0.15, 0.2) is 23.2 Å². The van der Waals surface area contributed by atoms with E-state index < -0.39 is 31.1 Å². The van der Waals surface area contributed by atoms with Gasteiger partial charge in [-0.3, -0.25) is 4.57 Å². The van der Waals surface area contributed by atoms with Crippen molar-refractivity contribution < 1.29 is 20.1 Å². The first kappa shape index (κ1) is 20.3. The van der Waals surface area contributed by atoms with Crippen molar-refractivity contribution in [3.63, 3.8) is 0 Å². The summed E-state index contributed by atoms with van der Waals surface area (Å²) in [6, 6.07) is 18.9. The van der Waals surface area contributed by atoms with Gasteiger partial charge in [0, 0.05) is 11.4 Å². The molecule has 10 nitrogen and oxygen atoms in total. The highest BCUT2D eigenvalue weighted by Crippen LogP contribution is 2.36. The van der Waals surface area contributed by atoms with Gasteiger partial charge in [0.25, 0.3) is 0 Å². The lowest BCUT2D eigenvalue weighted by Crippen LogP contribution is -2.33. The summed E-state index contributed by atoms with van der Waals surface area (Å²) in [6.07, 6.45) is -3.10. The van der Waals surface area contributed by atoms with Gasteiger partial charge in [0.1, 0.15) is 24.6 Å². The monoisotopic (exact) mass is 434 g/mol. The fraction of sp³-hybridized carbons (Fsp3) is 0.227. The van der Waals surface area contributed by atoms with E-state index in [0.717, 1.165) is 11.4 Å². The number of ether oxygens (including phenoxy) is 1. The molecule has 2 aromatic heterocycles. The third-order valence-corrected chi connectivity index (χ3v) is 5.32. The lowest BCUT2D eigenvalue weighted by molar-refractivity contribution is -0.0501. The average molecular weight is 434 g/mol. The van der Waals surface area contributed by atoms with Crippen molar-refractivity contribution in [1.29, 1.82) is 0 Å². The molecule has 1 fully saturated rings. The number of aliphatic hydroxyl groups is 3. The van der Waals surface area contributed by atoms with E-state index in [4.69, 9.17) is 4.74 Å². The minimum Gasteiger partial charge on any atom is -0.394 e. The number of para-hydroxylation sites is 2. The normalized spacial score (nSPS) is 22.8. The molecule has 164 valence electrons. The largest absolute Gasteiger partial charge is 0.394 e. The summed E-state index contributed by atoms with van der Waals surface area (Å²) in [4.78, 5) is 13.4. The fourth-order valence-electron chi connectivity index (χ4n) is 3.73. The number of nitrogens with one attached hydrogen (secondary N) is 2. The molecule has 0 bridgehead atoms. The van der Waals surface area contributed by atoms with Crippen molar-refractivity contribution in [1.82, 2.24) is 19.5 Å². The second-order valence-electron chi connectivity index (χ2n) is 7.41. The summed E-state index contributed by atoms with van der Waals surface area (Å²) in [7, 11) is 0. The molecule has 5 rings (SSSR count). The second-order valence-corrected chi connectivity index (χ2v) is 7.41. The molecule has 5 N–H and O–H groups in total. The minimum absolute atomic E-state index is 0.345. The van der Waals surface area contributed by atoms with Crippen LogP contribution in [-0.4, -0.2) is 59.8 Å². The van der Waals surface area contributed by atoms with Gasteiger partial charge in [-0.05, 0) is 24.3 Å². The Morgan fingerprint density at radius 2 is 1.53 bits per heavy atom. The standard InChI is InChI=1S/C22H22N6O4/c29-11-15-17(30)18(31)21(32-15)28-20-16(27-22(28)26-14-9-5-2-6-10-14)19(23-12-24-20)25-13-7-3-1-4-8-13/h1-10,12,15,17-18,21,29-31H,11H2,(H,26,27)(H,23,24,25)/t15-,17-,18-,21-/m1/s1. The van der Waals surface area contributed by atoms with Crippen LogP contribution in [0.3, 0.4) is 0 Å². The molecule has 0 amide bonds. The second kappa shape index (κ2) is 8.52. The summed E-state index contributed by atoms with van der Waals surface area (Å²) >= 11 is 0. The van der Waals surface area contributed by atoms with Crippen LogP contribution in [-0.2, 0) is 4.74 Å². The van der Waals surface area contributed by atoms with E-state index in [1.54, 1.807) is 4.57 Å². The van der Waals surface area contributed by atoms with Crippen molar-refractivity contribution in [3.8, 4) is 0 Å². The lowest BCUT2D eigenvalue weighted by atomic mass is 10.1. The third kappa shape index (κ3) is 3.65. The van der Waals surface area contributed by atoms with Gasteiger partial charge in [-0.25, -0.2) is 15.0 Å². The molecule has 4 atom stereocenters. The number of aromatic nitrogens is 4. The van der Waals surface area contributed by atoms with Gasteiger partial charge in [-0.15, -0.1) is 0 Å². The maximum absolute atomic E-state index is 10.7. The van der Waals surface area contributed by atoms with Crippen LogP contribution in [0, 0.1) is 0 Å². The zero-order chi connectivity index (χ0) is 22.1. The number of benzene rings is 2. The highest BCUT2D eigenvalue weighted by Gasteiger charge is 2.45. The van der Waals surface area contributed by atoms with Crippen LogP contribution in [0.4, 0.5) is 23.1 Å². The number of imidazole rings is 1. The van der Waals surface area contributed by atoms with Crippen molar-refractivity contribution in [3.05, 3.63) is 67.0 Å². The predicted octanol–water partition coefficient (Wildman–Crippen LogP) is 1.92. The molecule has 1 aliphatic heterocycles. The van der Waals surface area contributed by atoms with E-state index in [2.05, 4.69) is 25.6 Å². The van der Waals surface area contributed by atoms with Crippen LogP contribution in [0.2, 0.25) is 0 Å². The predicted molar refractivity (Wildman–Crippen MR) is 118 cm³/mol. The van der Waals surface area contributed by atoms with Crippen LogP contribution < -0.4 is 10.6 Å². The Bertz CT molecular complexity index is 1200. The number of rotatable bonds is 6. The number of hydrogen-bond acceptors (Lipinski definition) is 9. The third-order valence-electron chi connectivity index (χ3n) is 5.32. The zero-order valence-electron chi connectivity index (χ0n) is 16.9. The first-order valence-electron chi connectivity index (χ1n) is 10.1. The average Bonchev–Trinajstić information content (AvgIpc) is 3.32. The van der Waals surface area contributed by atoms with Crippen LogP contribution in [0.15, 0.2) is 67.0 Å². The molecule has 0 radical (unpaired) electrons. The summed E-state index contributed by atoms with van der Waals surface area (Å²) in [6.45, 7) is -0.432. The highest BCUT2D eigenvalue weighted by atomic mass is 16.6. The Balaban J connectivity index is 1.63. The quantitative estimate of drug-likeness (QED) is 0.308. The molecule has 3 heterocycles. The molecule has 0 unspecified atom stereocenters. The number of nitrogens with zero attached hydrogens (tertiary/aromatic N) is 4. The zero-order valence-corrected chi connectivity index (χ0v) is 16.9. The molecular formula is C22H22N6O4. The smallest absolute Gasteiger partial charge is 0.212 e. The Labute approximate surface area is 183 Å². The summed E-state index contributed by atoms with van der Waals surface area (Å²) in [5.74, 6) is 0.820. The Morgan fingerprint density at radius 3 is 2.16 bits per heavy atom. The van der Waals surface area contributed by atoms with E-state index >= 15 is 0 Å². The topological polar surface area (TPSA) is 138 Å². The molecule has 1 aliphatic rings. The Hall–Kier alpha value is -3.57. The number of hydrogen-bond donors (Lipinski definition) is 5. The van der Waals surface area contributed by atoms with E-state index in [9.17, 15) is 15.3 Å². The molecule has 0 saturated carbocycles. The van der Waals surface area contributed by atoms with Crippen LogP contribution >= 0.6 is 0 Å². The van der Waals surface area contributed by atoms with Crippen LogP contribution in [0.1, 0.15) is 6.23 Å². The molecule has 2 aromatic carbocycles. The molecule has 32 heavy (non-hydrogen) atoms. The van der Waals surface area contributed by atoms with E-state index in [-0.39, 0.29) is 0 Å². The molecule has 4 aromatic rings. The SMILES string of the molecule is OC[C@H]1O[C@@H](n2c(Nc3ccccc3)nc3c(Nc4ccccc4)ncnc32)[C@H](O)[C@@H]1O. The summed E-state index contributed by atoms with van der Waals surface area (Å²) in [5, 5.41) is 36.9. The van der Waals surface area contributed by atoms with Crippen molar-refractivity contribution in [2.24, 2.45) is 0 Å². The Morgan fingerprint density at radius 1 is 0.875 bits per heavy atom. The van der Waals surface area contributed by atoms with Gasteiger partial charge in [-0.2, -0.15) is 0 Å². The highest BCUT2D eigenvalue weighted by molar-refractivity contribution is 5.87. The number of fused-ring (bicyclic) bond motifs is 1. The minimum atomic E-state index is -1.29. The van der Waals surface area contributed by atoms with Gasteiger partial charge < -0.3 is 30.7 Å².